The predicted molar refractivity (Wildman–Crippen MR) is 64.7 cm³/mol. The summed E-state index contributed by atoms with van der Waals surface area (Å²) >= 11 is 5.68. The number of halogens is 1. The van der Waals surface area contributed by atoms with E-state index in [-0.39, 0.29) is 5.91 Å². The Labute approximate surface area is 105 Å². The van der Waals surface area contributed by atoms with Crippen LogP contribution >= 0.6 is 11.6 Å². The summed E-state index contributed by atoms with van der Waals surface area (Å²) in [5, 5.41) is 11.6. The second kappa shape index (κ2) is 6.84. The van der Waals surface area contributed by atoms with Gasteiger partial charge in [-0.25, -0.2) is 4.98 Å². The molecule has 0 aliphatic rings. The van der Waals surface area contributed by atoms with Crippen molar-refractivity contribution in [2.45, 2.75) is 6.42 Å². The molecule has 0 fully saturated rings. The topological polar surface area (TPSA) is 70.2 Å². The number of nitrogens with zero attached hydrogens (tertiary/aromatic N) is 2. The van der Waals surface area contributed by atoms with Crippen LogP contribution in [-0.4, -0.2) is 31.0 Å². The number of hydrogen-bond donors (Lipinski definition) is 2. The number of hydrogen-bond acceptors (Lipinski definition) is 3. The highest BCUT2D eigenvalue weighted by Crippen LogP contribution is 2.08. The number of nitriles is 1. The molecule has 1 amide bonds. The number of quaternary nitrogens is 1. The van der Waals surface area contributed by atoms with Gasteiger partial charge in [-0.2, -0.15) is 5.26 Å². The maximum absolute atomic E-state index is 11.6. The van der Waals surface area contributed by atoms with Crippen LogP contribution in [-0.2, 0) is 4.79 Å². The minimum absolute atomic E-state index is 0.129. The monoisotopic (exact) mass is 253 g/mol. The molecule has 17 heavy (non-hydrogen) atoms. The SMILES string of the molecule is C[NH+](CCC#N)CC(=O)Nc1ccc(Cl)cn1. The average molecular weight is 254 g/mol. The van der Waals surface area contributed by atoms with Crippen LogP contribution in [0.2, 0.25) is 5.02 Å². The van der Waals surface area contributed by atoms with Gasteiger partial charge in [0.2, 0.25) is 0 Å². The zero-order chi connectivity index (χ0) is 12.7. The van der Waals surface area contributed by atoms with Crippen LogP contribution in [0, 0.1) is 11.3 Å². The van der Waals surface area contributed by atoms with Crippen molar-refractivity contribution >= 4 is 23.3 Å². The number of carbonyl (C=O) groups is 1. The zero-order valence-corrected chi connectivity index (χ0v) is 10.3. The number of nitrogens with one attached hydrogen (secondary N) is 2. The first-order valence-corrected chi connectivity index (χ1v) is 5.59. The molecule has 90 valence electrons. The molecule has 0 spiro atoms. The van der Waals surface area contributed by atoms with Gasteiger partial charge in [-0.1, -0.05) is 11.6 Å². The Balaban J connectivity index is 2.39. The van der Waals surface area contributed by atoms with Gasteiger partial charge in [0.15, 0.2) is 6.54 Å². The average Bonchev–Trinajstić information content (AvgIpc) is 2.29. The summed E-state index contributed by atoms with van der Waals surface area (Å²) in [6, 6.07) is 5.36. The standard InChI is InChI=1S/C11H13ClN4O/c1-16(6-2-5-13)8-11(17)15-10-4-3-9(12)7-14-10/h3-4,7H,2,6,8H2,1H3,(H,14,15,17)/p+1. The van der Waals surface area contributed by atoms with Gasteiger partial charge in [-0.3, -0.25) is 4.79 Å². The van der Waals surface area contributed by atoms with Crippen LogP contribution in [0.5, 0.6) is 0 Å². The van der Waals surface area contributed by atoms with E-state index in [2.05, 4.69) is 10.3 Å². The first-order valence-electron chi connectivity index (χ1n) is 5.21. The molecule has 1 unspecified atom stereocenters. The molecule has 0 aromatic carbocycles. The molecule has 0 aliphatic heterocycles. The van der Waals surface area contributed by atoms with Crippen LogP contribution in [0.4, 0.5) is 5.82 Å². The third kappa shape index (κ3) is 5.29. The summed E-state index contributed by atoms with van der Waals surface area (Å²) in [7, 11) is 1.87. The van der Waals surface area contributed by atoms with Gasteiger partial charge in [-0.05, 0) is 12.1 Å². The molecule has 1 aromatic heterocycles. The quantitative estimate of drug-likeness (QED) is 0.782. The van der Waals surface area contributed by atoms with Crippen molar-refractivity contribution in [3.63, 3.8) is 0 Å². The van der Waals surface area contributed by atoms with Crippen LogP contribution in [0.1, 0.15) is 6.42 Å². The molecule has 0 saturated carbocycles. The summed E-state index contributed by atoms with van der Waals surface area (Å²) in [4.78, 5) is 16.5. The van der Waals surface area contributed by atoms with Crippen molar-refractivity contribution < 1.29 is 9.69 Å². The molecule has 2 N–H and O–H groups in total. The molecule has 0 bridgehead atoms. The van der Waals surface area contributed by atoms with Crippen LogP contribution in [0.15, 0.2) is 18.3 Å². The lowest BCUT2D eigenvalue weighted by molar-refractivity contribution is -0.870. The highest BCUT2D eigenvalue weighted by Gasteiger charge is 2.09. The number of anilines is 1. The molecule has 1 aromatic rings. The van der Waals surface area contributed by atoms with E-state index in [1.807, 2.05) is 13.1 Å². The number of carbonyl (C=O) groups excluding carboxylic acids is 1. The fraction of sp³-hybridized carbons (Fsp3) is 0.364. The fourth-order valence-corrected chi connectivity index (χ4v) is 1.38. The van der Waals surface area contributed by atoms with Crippen molar-refractivity contribution in [3.05, 3.63) is 23.4 Å². The van der Waals surface area contributed by atoms with Crippen LogP contribution < -0.4 is 10.2 Å². The molecule has 0 radical (unpaired) electrons. The van der Waals surface area contributed by atoms with Crippen molar-refractivity contribution in [2.75, 3.05) is 25.5 Å². The maximum atomic E-state index is 11.6. The molecule has 0 saturated heterocycles. The summed E-state index contributed by atoms with van der Waals surface area (Å²) < 4.78 is 0. The molecule has 1 heterocycles. The Hall–Kier alpha value is -1.64. The highest BCUT2D eigenvalue weighted by atomic mass is 35.5. The second-order valence-corrected chi connectivity index (χ2v) is 4.14. The van der Waals surface area contributed by atoms with E-state index in [1.165, 1.54) is 6.20 Å². The van der Waals surface area contributed by atoms with Gasteiger partial charge in [0, 0.05) is 6.20 Å². The van der Waals surface area contributed by atoms with Gasteiger partial charge < -0.3 is 10.2 Å². The molecular weight excluding hydrogens is 240 g/mol. The number of aromatic nitrogens is 1. The summed E-state index contributed by atoms with van der Waals surface area (Å²) in [6.07, 6.45) is 1.92. The molecule has 0 aliphatic carbocycles. The number of likely N-dealkylation sites (N-methyl/N-ethyl adjacent to an activating group) is 1. The van der Waals surface area contributed by atoms with E-state index in [9.17, 15) is 4.79 Å². The van der Waals surface area contributed by atoms with Gasteiger partial charge in [-0.15, -0.1) is 0 Å². The van der Waals surface area contributed by atoms with Crippen molar-refractivity contribution in [3.8, 4) is 6.07 Å². The molecule has 5 nitrogen and oxygen atoms in total. The van der Waals surface area contributed by atoms with Gasteiger partial charge in [0.05, 0.1) is 31.1 Å². The smallest absolute Gasteiger partial charge is 0.280 e. The van der Waals surface area contributed by atoms with E-state index in [1.54, 1.807) is 12.1 Å². The minimum Gasteiger partial charge on any atom is -0.329 e. The zero-order valence-electron chi connectivity index (χ0n) is 9.53. The third-order valence-electron chi connectivity index (χ3n) is 2.12. The molecule has 1 rings (SSSR count). The first kappa shape index (κ1) is 13.4. The Kier molecular flexibility index (Phi) is 5.40. The molecule has 1 atom stereocenters. The Morgan fingerprint density at radius 2 is 2.41 bits per heavy atom. The van der Waals surface area contributed by atoms with Crippen LogP contribution in [0.3, 0.4) is 0 Å². The van der Waals surface area contributed by atoms with E-state index >= 15 is 0 Å². The number of amides is 1. The lowest BCUT2D eigenvalue weighted by Gasteiger charge is -2.11. The maximum Gasteiger partial charge on any atom is 0.280 e. The van der Waals surface area contributed by atoms with Gasteiger partial charge >= 0.3 is 0 Å². The third-order valence-corrected chi connectivity index (χ3v) is 2.34. The normalized spacial score (nSPS) is 11.6. The fourth-order valence-electron chi connectivity index (χ4n) is 1.27. The lowest BCUT2D eigenvalue weighted by Crippen LogP contribution is -3.10. The van der Waals surface area contributed by atoms with E-state index < -0.39 is 0 Å². The summed E-state index contributed by atoms with van der Waals surface area (Å²) in [6.45, 7) is 0.962. The summed E-state index contributed by atoms with van der Waals surface area (Å²) in [5.74, 6) is 0.350. The predicted octanol–water partition coefficient (Wildman–Crippen LogP) is 0.102. The molecular formula is C11H14ClN4O+. The Bertz CT molecular complexity index is 412. The lowest BCUT2D eigenvalue weighted by atomic mass is 10.4. The summed E-state index contributed by atoms with van der Waals surface area (Å²) in [5.41, 5.74) is 0. The van der Waals surface area contributed by atoms with Gasteiger partial charge in [0.1, 0.15) is 5.82 Å². The number of pyridine rings is 1. The van der Waals surface area contributed by atoms with E-state index in [0.29, 0.717) is 30.4 Å². The van der Waals surface area contributed by atoms with Gasteiger partial charge in [0.25, 0.3) is 5.91 Å². The van der Waals surface area contributed by atoms with Crippen LogP contribution in [0.25, 0.3) is 0 Å². The Morgan fingerprint density at radius 3 is 3.00 bits per heavy atom. The van der Waals surface area contributed by atoms with E-state index in [4.69, 9.17) is 16.9 Å². The Morgan fingerprint density at radius 1 is 1.65 bits per heavy atom. The van der Waals surface area contributed by atoms with Crippen molar-refractivity contribution in [2.24, 2.45) is 0 Å². The minimum atomic E-state index is -0.129. The first-order chi connectivity index (χ1) is 8.11. The number of rotatable bonds is 5. The van der Waals surface area contributed by atoms with Crippen molar-refractivity contribution in [1.29, 1.82) is 5.26 Å². The van der Waals surface area contributed by atoms with E-state index in [0.717, 1.165) is 4.90 Å². The highest BCUT2D eigenvalue weighted by molar-refractivity contribution is 6.30. The largest absolute Gasteiger partial charge is 0.329 e. The second-order valence-electron chi connectivity index (χ2n) is 3.70. The molecule has 6 heteroatoms. The van der Waals surface area contributed by atoms with Crippen molar-refractivity contribution in [1.82, 2.24) is 4.98 Å².